The Balaban J connectivity index is 1.60. The van der Waals surface area contributed by atoms with E-state index >= 15 is 0 Å². The van der Waals surface area contributed by atoms with E-state index in [0.29, 0.717) is 34.0 Å². The molecule has 4 rings (SSSR count). The molecule has 4 aromatic rings. The van der Waals surface area contributed by atoms with Crippen molar-refractivity contribution in [3.05, 3.63) is 54.6 Å². The van der Waals surface area contributed by atoms with Gasteiger partial charge in [-0.25, -0.2) is 9.97 Å². The quantitative estimate of drug-likeness (QED) is 0.301. The predicted octanol–water partition coefficient (Wildman–Crippen LogP) is 2.78. The summed E-state index contributed by atoms with van der Waals surface area (Å²) in [4.78, 5) is 12.6. The third-order valence-corrected chi connectivity index (χ3v) is 5.50. The number of aromatic nitrogens is 5. The van der Waals surface area contributed by atoms with Crippen molar-refractivity contribution in [2.24, 2.45) is 0 Å². The molecular weight excluding hydrogens is 464 g/mol. The highest BCUT2D eigenvalue weighted by Crippen LogP contribution is 2.38. The molecule has 0 saturated carbocycles. The highest BCUT2D eigenvalue weighted by atomic mass is 32.2. The van der Waals surface area contributed by atoms with Gasteiger partial charge in [0.15, 0.2) is 17.1 Å². The average molecular weight is 487 g/mol. The molecule has 13 heteroatoms. The van der Waals surface area contributed by atoms with Gasteiger partial charge in [-0.05, 0) is 31.2 Å². The predicted molar refractivity (Wildman–Crippen MR) is 123 cm³/mol. The van der Waals surface area contributed by atoms with Crippen molar-refractivity contribution in [2.75, 3.05) is 25.0 Å². The van der Waals surface area contributed by atoms with Gasteiger partial charge < -0.3 is 19.5 Å². The van der Waals surface area contributed by atoms with Gasteiger partial charge in [0, 0.05) is 6.20 Å². The van der Waals surface area contributed by atoms with Crippen molar-refractivity contribution in [1.29, 1.82) is 0 Å². The Kier molecular flexibility index (Phi) is 7.04. The zero-order valence-corrected chi connectivity index (χ0v) is 19.2. The first-order valence-corrected chi connectivity index (χ1v) is 11.7. The Morgan fingerprint density at radius 2 is 1.94 bits per heavy atom. The number of ether oxygens (including phenoxy) is 3. The number of benzene rings is 1. The molecule has 2 N–H and O–H groups in total. The van der Waals surface area contributed by atoms with Crippen molar-refractivity contribution in [3.8, 4) is 17.4 Å². The van der Waals surface area contributed by atoms with Crippen LogP contribution < -0.4 is 19.5 Å². The van der Waals surface area contributed by atoms with Crippen LogP contribution in [0.2, 0.25) is 0 Å². The van der Waals surface area contributed by atoms with Crippen LogP contribution in [0, 0.1) is 0 Å². The number of anilines is 2. The van der Waals surface area contributed by atoms with E-state index in [1.165, 1.54) is 13.4 Å². The zero-order valence-electron chi connectivity index (χ0n) is 18.4. The summed E-state index contributed by atoms with van der Waals surface area (Å²) in [6.45, 7) is 1.83. The van der Waals surface area contributed by atoms with Gasteiger partial charge >= 0.3 is 10.1 Å². The number of H-pyrrole nitrogens is 1. The number of nitrogens with one attached hydrogen (secondary N) is 2. The summed E-state index contributed by atoms with van der Waals surface area (Å²) < 4.78 is 45.3. The van der Waals surface area contributed by atoms with Gasteiger partial charge in [0.05, 0.1) is 25.1 Å². The van der Waals surface area contributed by atoms with E-state index in [9.17, 15) is 8.42 Å². The van der Waals surface area contributed by atoms with E-state index in [4.69, 9.17) is 18.4 Å². The maximum absolute atomic E-state index is 11.9. The van der Waals surface area contributed by atoms with Crippen molar-refractivity contribution < 1.29 is 26.8 Å². The molecule has 0 radical (unpaired) electrons. The van der Waals surface area contributed by atoms with Gasteiger partial charge in [-0.3, -0.25) is 14.3 Å². The fourth-order valence-electron chi connectivity index (χ4n) is 3.07. The topological polar surface area (TPSA) is 150 Å². The molecule has 0 aliphatic heterocycles. The van der Waals surface area contributed by atoms with Gasteiger partial charge in [-0.1, -0.05) is 12.1 Å². The number of methoxy groups -OCH3 is 1. The third-order valence-electron chi connectivity index (χ3n) is 4.50. The van der Waals surface area contributed by atoms with Crippen LogP contribution in [0.3, 0.4) is 0 Å². The molecular formula is C21H22N6O6S. The van der Waals surface area contributed by atoms with Crippen LogP contribution in [-0.4, -0.2) is 53.2 Å². The minimum Gasteiger partial charge on any atom is -0.491 e. The van der Waals surface area contributed by atoms with E-state index in [0.717, 1.165) is 5.69 Å². The highest BCUT2D eigenvalue weighted by Gasteiger charge is 2.20. The maximum Gasteiger partial charge on any atom is 0.303 e. The van der Waals surface area contributed by atoms with E-state index < -0.39 is 16.1 Å². The molecule has 0 saturated heterocycles. The van der Waals surface area contributed by atoms with Crippen LogP contribution in [0.15, 0.2) is 48.9 Å². The van der Waals surface area contributed by atoms with Crippen LogP contribution in [-0.2, 0) is 20.9 Å². The molecule has 0 aliphatic rings. The second-order valence-electron chi connectivity index (χ2n) is 6.77. The van der Waals surface area contributed by atoms with E-state index in [2.05, 4.69) is 30.5 Å². The van der Waals surface area contributed by atoms with Gasteiger partial charge in [-0.15, -0.1) is 5.10 Å². The maximum atomic E-state index is 11.9. The lowest BCUT2D eigenvalue weighted by molar-refractivity contribution is 0.281. The fourth-order valence-corrected chi connectivity index (χ4v) is 3.76. The Bertz CT molecular complexity index is 1360. The molecule has 3 heterocycles. The number of hydrogen-bond donors (Lipinski definition) is 2. The molecule has 0 spiro atoms. The lowest BCUT2D eigenvalue weighted by atomic mass is 10.2. The number of aromatic amines is 1. The van der Waals surface area contributed by atoms with Gasteiger partial charge in [-0.2, -0.15) is 8.42 Å². The molecule has 0 aliphatic carbocycles. The number of fused-ring (bicyclic) bond motifs is 1. The molecule has 1 aromatic carbocycles. The number of para-hydroxylation sites is 1. The standard InChI is InChI=1S/C21H22N6O6S/c1-3-33-34(28,29)13-32-21-17-19(23-12-24-20(17)26-27-21)25-15-8-6-9-16(18(15)30-2)31-11-14-7-4-5-10-22-14/h4-10,12H,3,11,13H2,1-2H3,(H2,23,24,25,26,27). The minimum absolute atomic E-state index is 0.00145. The van der Waals surface area contributed by atoms with Crippen LogP contribution in [0.25, 0.3) is 11.0 Å². The lowest BCUT2D eigenvalue weighted by Crippen LogP contribution is -2.15. The second-order valence-corrected chi connectivity index (χ2v) is 8.36. The monoisotopic (exact) mass is 486 g/mol. The smallest absolute Gasteiger partial charge is 0.303 e. The second kappa shape index (κ2) is 10.3. The molecule has 0 bridgehead atoms. The Morgan fingerprint density at radius 1 is 1.06 bits per heavy atom. The van der Waals surface area contributed by atoms with Gasteiger partial charge in [0.1, 0.15) is 24.1 Å². The Morgan fingerprint density at radius 3 is 2.71 bits per heavy atom. The Labute approximate surface area is 195 Å². The number of hydrogen-bond acceptors (Lipinski definition) is 11. The fraction of sp³-hybridized carbons (Fsp3) is 0.238. The molecule has 12 nitrogen and oxygen atoms in total. The van der Waals surface area contributed by atoms with Crippen molar-refractivity contribution in [2.45, 2.75) is 13.5 Å². The normalized spacial score (nSPS) is 11.4. The Hall–Kier alpha value is -3.97. The summed E-state index contributed by atoms with van der Waals surface area (Å²) in [6, 6.07) is 10.9. The number of nitrogens with zero attached hydrogens (tertiary/aromatic N) is 4. The minimum atomic E-state index is -3.87. The SMILES string of the molecule is CCOS(=O)(=O)COc1n[nH]c2ncnc(Nc3cccc(OCc4ccccn4)c3OC)c12. The van der Waals surface area contributed by atoms with Crippen LogP contribution >= 0.6 is 0 Å². The largest absolute Gasteiger partial charge is 0.491 e. The first kappa shape index (κ1) is 23.2. The first-order chi connectivity index (χ1) is 16.5. The average Bonchev–Trinajstić information content (AvgIpc) is 3.26. The zero-order chi connectivity index (χ0) is 24.0. The molecule has 3 aromatic heterocycles. The van der Waals surface area contributed by atoms with Crippen LogP contribution in [0.1, 0.15) is 12.6 Å². The number of rotatable bonds is 11. The van der Waals surface area contributed by atoms with Crippen molar-refractivity contribution >= 4 is 32.7 Å². The van der Waals surface area contributed by atoms with E-state index in [1.807, 2.05) is 18.2 Å². The molecule has 0 atom stereocenters. The van der Waals surface area contributed by atoms with Crippen molar-refractivity contribution in [3.63, 3.8) is 0 Å². The van der Waals surface area contributed by atoms with E-state index in [-0.39, 0.29) is 19.1 Å². The molecule has 0 amide bonds. The first-order valence-electron chi connectivity index (χ1n) is 10.2. The summed E-state index contributed by atoms with van der Waals surface area (Å²) in [5, 5.41) is 10.2. The van der Waals surface area contributed by atoms with E-state index in [1.54, 1.807) is 31.3 Å². The number of pyridine rings is 1. The summed E-state index contributed by atoms with van der Waals surface area (Å²) in [7, 11) is -2.35. The molecule has 0 unspecified atom stereocenters. The van der Waals surface area contributed by atoms with Crippen LogP contribution in [0.5, 0.6) is 17.4 Å². The molecule has 34 heavy (non-hydrogen) atoms. The van der Waals surface area contributed by atoms with Crippen molar-refractivity contribution in [1.82, 2.24) is 25.1 Å². The lowest BCUT2D eigenvalue weighted by Gasteiger charge is -2.15. The third kappa shape index (κ3) is 5.32. The summed E-state index contributed by atoms with van der Waals surface area (Å²) >= 11 is 0. The van der Waals surface area contributed by atoms with Gasteiger partial charge in [0.25, 0.3) is 0 Å². The summed E-state index contributed by atoms with van der Waals surface area (Å²) in [6.07, 6.45) is 3.02. The summed E-state index contributed by atoms with van der Waals surface area (Å²) in [5.41, 5.74) is 1.67. The van der Waals surface area contributed by atoms with Crippen LogP contribution in [0.4, 0.5) is 11.5 Å². The van der Waals surface area contributed by atoms with Gasteiger partial charge in [0.2, 0.25) is 11.8 Å². The highest BCUT2D eigenvalue weighted by molar-refractivity contribution is 7.86. The molecule has 0 fully saturated rings. The molecule has 178 valence electrons. The summed E-state index contributed by atoms with van der Waals surface area (Å²) in [5.74, 6) is 0.547.